The van der Waals surface area contributed by atoms with Gasteiger partial charge in [0.15, 0.2) is 0 Å². The van der Waals surface area contributed by atoms with E-state index in [-0.39, 0.29) is 0 Å². The fraction of sp³-hybridized carbons (Fsp3) is 0.556. The lowest BCUT2D eigenvalue weighted by Crippen LogP contribution is -2.50. The Morgan fingerprint density at radius 2 is 2.12 bits per heavy atom. The fourth-order valence-electron chi connectivity index (χ4n) is 1.59. The fourth-order valence-corrected chi connectivity index (χ4v) is 4.28. The zero-order chi connectivity index (χ0) is 12.3. The van der Waals surface area contributed by atoms with Gasteiger partial charge >= 0.3 is 0 Å². The van der Waals surface area contributed by atoms with Crippen LogP contribution in [0.5, 0.6) is 0 Å². The molecule has 0 aliphatic carbocycles. The van der Waals surface area contributed by atoms with Crippen LogP contribution in [0.1, 0.15) is 4.88 Å². The van der Waals surface area contributed by atoms with Crippen LogP contribution in [-0.4, -0.2) is 38.9 Å². The van der Waals surface area contributed by atoms with Crippen LogP contribution in [0.4, 0.5) is 0 Å². The first-order valence-corrected chi connectivity index (χ1v) is 8.32. The number of halogens is 1. The second-order valence-electron chi connectivity index (χ2n) is 3.68. The van der Waals surface area contributed by atoms with Crippen LogP contribution in [-0.2, 0) is 16.8 Å². The lowest BCUT2D eigenvalue weighted by molar-refractivity contribution is 0.355. The average molecular weight is 340 g/mol. The number of rotatable bonds is 4. The molecule has 0 unspecified atom stereocenters. The minimum absolute atomic E-state index is 0.350. The molecule has 1 aromatic rings. The van der Waals surface area contributed by atoms with Crippen molar-refractivity contribution in [2.75, 3.05) is 26.2 Å². The Morgan fingerprint density at radius 1 is 1.41 bits per heavy atom. The Labute approximate surface area is 114 Å². The summed E-state index contributed by atoms with van der Waals surface area (Å²) in [5.41, 5.74) is 0. The molecule has 1 fully saturated rings. The van der Waals surface area contributed by atoms with Crippen LogP contribution in [0.2, 0.25) is 0 Å². The lowest BCUT2D eigenvalue weighted by Gasteiger charge is -2.26. The summed E-state index contributed by atoms with van der Waals surface area (Å²) in [4.78, 5) is 0.996. The number of piperazine rings is 1. The van der Waals surface area contributed by atoms with Gasteiger partial charge in [0.05, 0.1) is 3.79 Å². The van der Waals surface area contributed by atoms with Crippen molar-refractivity contribution in [1.29, 1.82) is 0 Å². The molecule has 2 N–H and O–H groups in total. The molecular formula is C9H14BrN3O2S2. The molecule has 96 valence electrons. The summed E-state index contributed by atoms with van der Waals surface area (Å²) in [5, 5.41) is 3.13. The first-order chi connectivity index (χ1) is 8.08. The van der Waals surface area contributed by atoms with Gasteiger partial charge in [-0.05, 0) is 28.1 Å². The van der Waals surface area contributed by atoms with Crippen molar-refractivity contribution in [2.45, 2.75) is 6.54 Å². The van der Waals surface area contributed by atoms with Crippen molar-refractivity contribution in [1.82, 2.24) is 14.3 Å². The largest absolute Gasteiger partial charge is 0.314 e. The van der Waals surface area contributed by atoms with Gasteiger partial charge < -0.3 is 5.32 Å². The highest BCUT2D eigenvalue weighted by Crippen LogP contribution is 2.22. The molecule has 0 saturated carbocycles. The third kappa shape index (κ3) is 3.73. The highest BCUT2D eigenvalue weighted by molar-refractivity contribution is 9.11. The maximum absolute atomic E-state index is 11.9. The molecule has 1 saturated heterocycles. The first kappa shape index (κ1) is 13.4. The van der Waals surface area contributed by atoms with Crippen LogP contribution in [0.25, 0.3) is 0 Å². The highest BCUT2D eigenvalue weighted by atomic mass is 79.9. The maximum atomic E-state index is 11.9. The normalized spacial score (nSPS) is 18.4. The van der Waals surface area contributed by atoms with Gasteiger partial charge in [0.25, 0.3) is 10.2 Å². The average Bonchev–Trinajstić information content (AvgIpc) is 2.74. The van der Waals surface area contributed by atoms with Crippen LogP contribution >= 0.6 is 27.3 Å². The van der Waals surface area contributed by atoms with Crippen molar-refractivity contribution in [2.24, 2.45) is 0 Å². The SMILES string of the molecule is O=S(=O)(NCc1ccc(Br)s1)N1CCNCC1. The van der Waals surface area contributed by atoms with Gasteiger partial charge in [-0.2, -0.15) is 17.4 Å². The van der Waals surface area contributed by atoms with E-state index in [1.165, 1.54) is 15.6 Å². The second-order valence-corrected chi connectivity index (χ2v) is 7.98. The predicted molar refractivity (Wildman–Crippen MR) is 72.2 cm³/mol. The minimum Gasteiger partial charge on any atom is -0.314 e. The maximum Gasteiger partial charge on any atom is 0.279 e. The van der Waals surface area contributed by atoms with Crippen molar-refractivity contribution in [3.8, 4) is 0 Å². The van der Waals surface area contributed by atoms with Gasteiger partial charge in [-0.25, -0.2) is 0 Å². The van der Waals surface area contributed by atoms with Crippen molar-refractivity contribution >= 4 is 37.5 Å². The molecule has 1 aliphatic heterocycles. The van der Waals surface area contributed by atoms with Gasteiger partial charge in [-0.3, -0.25) is 0 Å². The molecule has 1 aromatic heterocycles. The van der Waals surface area contributed by atoms with Gasteiger partial charge in [-0.15, -0.1) is 11.3 Å². The minimum atomic E-state index is -3.34. The van der Waals surface area contributed by atoms with E-state index in [1.54, 1.807) is 0 Å². The van der Waals surface area contributed by atoms with Crippen molar-refractivity contribution in [3.63, 3.8) is 0 Å². The Morgan fingerprint density at radius 3 is 2.71 bits per heavy atom. The van der Waals surface area contributed by atoms with Crippen LogP contribution in [0.15, 0.2) is 15.9 Å². The number of hydrogen-bond acceptors (Lipinski definition) is 4. The monoisotopic (exact) mass is 339 g/mol. The molecular weight excluding hydrogens is 326 g/mol. The molecule has 0 spiro atoms. The molecule has 2 rings (SSSR count). The van der Waals surface area contributed by atoms with E-state index in [2.05, 4.69) is 26.0 Å². The van der Waals surface area contributed by atoms with E-state index in [0.717, 1.165) is 8.66 Å². The van der Waals surface area contributed by atoms with E-state index in [0.29, 0.717) is 32.7 Å². The predicted octanol–water partition coefficient (Wildman–Crippen LogP) is 0.750. The highest BCUT2D eigenvalue weighted by Gasteiger charge is 2.23. The molecule has 2 heterocycles. The second kappa shape index (κ2) is 5.77. The third-order valence-corrected chi connectivity index (χ3v) is 5.65. The summed E-state index contributed by atoms with van der Waals surface area (Å²) < 4.78 is 29.0. The summed E-state index contributed by atoms with van der Waals surface area (Å²) in [6.07, 6.45) is 0. The topological polar surface area (TPSA) is 61.4 Å². The first-order valence-electron chi connectivity index (χ1n) is 5.27. The Hall–Kier alpha value is 0.01000. The van der Waals surface area contributed by atoms with E-state index >= 15 is 0 Å². The van der Waals surface area contributed by atoms with E-state index < -0.39 is 10.2 Å². The third-order valence-electron chi connectivity index (χ3n) is 2.47. The molecule has 8 heteroatoms. The molecule has 0 radical (unpaired) electrons. The number of thiophene rings is 1. The van der Waals surface area contributed by atoms with Crippen LogP contribution < -0.4 is 10.0 Å². The number of nitrogens with zero attached hydrogens (tertiary/aromatic N) is 1. The molecule has 1 aliphatic rings. The summed E-state index contributed by atoms with van der Waals surface area (Å²) in [5.74, 6) is 0. The summed E-state index contributed by atoms with van der Waals surface area (Å²) >= 11 is 4.89. The molecule has 0 bridgehead atoms. The Bertz CT molecular complexity index is 468. The van der Waals surface area contributed by atoms with Gasteiger partial charge in [0, 0.05) is 37.6 Å². The smallest absolute Gasteiger partial charge is 0.279 e. The zero-order valence-corrected chi connectivity index (χ0v) is 12.4. The van der Waals surface area contributed by atoms with Gasteiger partial charge in [0.1, 0.15) is 0 Å². The summed E-state index contributed by atoms with van der Waals surface area (Å²) in [6.45, 7) is 2.84. The molecule has 17 heavy (non-hydrogen) atoms. The standard InChI is InChI=1S/C9H14BrN3O2S2/c10-9-2-1-8(16-9)7-12-17(14,15)13-5-3-11-4-6-13/h1-2,11-12H,3-7H2. The van der Waals surface area contributed by atoms with Gasteiger partial charge in [-0.1, -0.05) is 0 Å². The van der Waals surface area contributed by atoms with E-state index in [9.17, 15) is 8.42 Å². The molecule has 0 atom stereocenters. The quantitative estimate of drug-likeness (QED) is 0.850. The Balaban J connectivity index is 1.92. The lowest BCUT2D eigenvalue weighted by atomic mass is 10.4. The van der Waals surface area contributed by atoms with Crippen LogP contribution in [0, 0.1) is 0 Å². The van der Waals surface area contributed by atoms with Gasteiger partial charge in [0.2, 0.25) is 0 Å². The van der Waals surface area contributed by atoms with E-state index in [1.807, 2.05) is 12.1 Å². The Kier molecular flexibility index (Phi) is 4.56. The van der Waals surface area contributed by atoms with E-state index in [4.69, 9.17) is 0 Å². The van der Waals surface area contributed by atoms with Crippen molar-refractivity contribution < 1.29 is 8.42 Å². The summed E-state index contributed by atoms with van der Waals surface area (Å²) in [7, 11) is -3.34. The molecule has 0 aromatic carbocycles. The zero-order valence-electron chi connectivity index (χ0n) is 9.15. The van der Waals surface area contributed by atoms with Crippen LogP contribution in [0.3, 0.4) is 0 Å². The molecule has 5 nitrogen and oxygen atoms in total. The number of hydrogen-bond donors (Lipinski definition) is 2. The number of nitrogens with one attached hydrogen (secondary N) is 2. The van der Waals surface area contributed by atoms with Crippen molar-refractivity contribution in [3.05, 3.63) is 20.8 Å². The molecule has 0 amide bonds. The summed E-state index contributed by atoms with van der Waals surface area (Å²) in [6, 6.07) is 3.83.